The number of nitrogens with zero attached hydrogens (tertiary/aromatic N) is 1. The minimum atomic E-state index is -0.475. The van der Waals surface area contributed by atoms with E-state index < -0.39 is 5.41 Å². The van der Waals surface area contributed by atoms with Crippen LogP contribution >= 0.6 is 15.9 Å². The number of hydrogen-bond donors (Lipinski definition) is 0. The molecule has 0 N–H and O–H groups in total. The molecule has 55 heavy (non-hydrogen) atoms. The predicted molar refractivity (Wildman–Crippen MR) is 234 cm³/mol. The van der Waals surface area contributed by atoms with Crippen molar-refractivity contribution in [1.82, 2.24) is 4.57 Å². The highest BCUT2D eigenvalue weighted by Crippen LogP contribution is 2.56. The zero-order chi connectivity index (χ0) is 36.5. The first-order valence-electron chi connectivity index (χ1n) is 18.9. The Labute approximate surface area is 328 Å². The van der Waals surface area contributed by atoms with Crippen LogP contribution in [0.1, 0.15) is 22.3 Å². The van der Waals surface area contributed by atoms with Crippen molar-refractivity contribution in [1.29, 1.82) is 0 Å². The van der Waals surface area contributed by atoms with E-state index in [1.807, 2.05) is 0 Å². The van der Waals surface area contributed by atoms with Gasteiger partial charge in [0.15, 0.2) is 0 Å². The fraction of sp³-hybridized carbons (Fsp3) is 0.0189. The van der Waals surface area contributed by atoms with E-state index in [-0.39, 0.29) is 0 Å². The van der Waals surface area contributed by atoms with Gasteiger partial charge in [-0.25, -0.2) is 0 Å². The maximum atomic E-state index is 3.64. The van der Waals surface area contributed by atoms with Gasteiger partial charge >= 0.3 is 0 Å². The summed E-state index contributed by atoms with van der Waals surface area (Å²) < 4.78 is 3.58. The van der Waals surface area contributed by atoms with Gasteiger partial charge in [0.25, 0.3) is 0 Å². The highest BCUT2D eigenvalue weighted by atomic mass is 79.9. The molecule has 0 radical (unpaired) electrons. The Morgan fingerprint density at radius 3 is 1.76 bits per heavy atom. The molecule has 1 heterocycles. The molecular formula is C53H34BrN. The number of halogens is 1. The summed E-state index contributed by atoms with van der Waals surface area (Å²) in [6.07, 6.45) is 0. The Morgan fingerprint density at radius 1 is 0.382 bits per heavy atom. The summed E-state index contributed by atoms with van der Waals surface area (Å²) in [6, 6.07) is 76.1. The van der Waals surface area contributed by atoms with E-state index in [1.165, 1.54) is 88.2 Å². The molecule has 1 nitrogen and oxygen atoms in total. The van der Waals surface area contributed by atoms with Gasteiger partial charge in [-0.15, -0.1) is 0 Å². The maximum absolute atomic E-state index is 3.64. The molecule has 1 aromatic heterocycles. The second-order valence-electron chi connectivity index (χ2n) is 14.6. The van der Waals surface area contributed by atoms with Crippen molar-refractivity contribution in [2.75, 3.05) is 0 Å². The largest absolute Gasteiger partial charge is 0.309 e. The molecule has 11 rings (SSSR count). The van der Waals surface area contributed by atoms with Crippen LogP contribution in [0.25, 0.3) is 71.6 Å². The van der Waals surface area contributed by atoms with Gasteiger partial charge in [-0.1, -0.05) is 186 Å². The lowest BCUT2D eigenvalue weighted by molar-refractivity contribution is 0.767. The van der Waals surface area contributed by atoms with Crippen molar-refractivity contribution in [2.45, 2.75) is 5.41 Å². The van der Waals surface area contributed by atoms with Gasteiger partial charge in [0, 0.05) is 20.9 Å². The Kier molecular flexibility index (Phi) is 7.30. The van der Waals surface area contributed by atoms with Crippen LogP contribution in [-0.2, 0) is 5.41 Å². The third-order valence-electron chi connectivity index (χ3n) is 11.7. The molecule has 10 aromatic rings. The van der Waals surface area contributed by atoms with Crippen LogP contribution in [0.15, 0.2) is 211 Å². The normalized spacial score (nSPS) is 13.0. The first kappa shape index (κ1) is 32.0. The molecule has 0 spiro atoms. The van der Waals surface area contributed by atoms with Gasteiger partial charge in [-0.05, 0) is 103 Å². The topological polar surface area (TPSA) is 4.93 Å². The predicted octanol–water partition coefficient (Wildman–Crippen LogP) is 14.4. The van der Waals surface area contributed by atoms with E-state index in [1.54, 1.807) is 0 Å². The number of aromatic nitrogens is 1. The van der Waals surface area contributed by atoms with Gasteiger partial charge in [-0.3, -0.25) is 0 Å². The number of rotatable bonds is 5. The summed E-state index contributed by atoms with van der Waals surface area (Å²) >= 11 is 3.64. The lowest BCUT2D eigenvalue weighted by Gasteiger charge is -2.34. The van der Waals surface area contributed by atoms with E-state index in [0.717, 1.165) is 10.2 Å². The molecule has 2 heteroatoms. The van der Waals surface area contributed by atoms with Gasteiger partial charge in [-0.2, -0.15) is 0 Å². The lowest BCUT2D eigenvalue weighted by Crippen LogP contribution is -2.28. The van der Waals surface area contributed by atoms with Gasteiger partial charge in [0.05, 0.1) is 16.4 Å². The standard InChI is InChI=1S/C53H34BrN/c54-42-18-11-13-38(32-42)35-22-24-36(25-23-35)39-26-29-47-51(33-39)55(50-31-27-37-12-7-8-19-44(37)52(47)50)43-28-30-46-45-20-9-10-21-48(45)53(49(46)34-43,40-14-3-1-4-15-40)41-16-5-2-6-17-41/h1-34H. The molecule has 0 saturated carbocycles. The molecule has 1 aliphatic carbocycles. The SMILES string of the molecule is Brc1cccc(-c2ccc(-c3ccc4c5c6ccccc6ccc5n(-c5ccc6c(c5)C(c5ccccc5)(c5ccccc5)c5ccccc5-6)c4c3)cc2)c1. The molecule has 0 aliphatic heterocycles. The van der Waals surface area contributed by atoms with E-state index in [9.17, 15) is 0 Å². The Hall–Kier alpha value is -6.48. The van der Waals surface area contributed by atoms with Crippen LogP contribution in [0.3, 0.4) is 0 Å². The minimum Gasteiger partial charge on any atom is -0.309 e. The number of hydrogen-bond acceptors (Lipinski definition) is 0. The van der Waals surface area contributed by atoms with Crippen LogP contribution in [0.5, 0.6) is 0 Å². The smallest absolute Gasteiger partial charge is 0.0714 e. The quantitative estimate of drug-likeness (QED) is 0.164. The highest BCUT2D eigenvalue weighted by Gasteiger charge is 2.46. The zero-order valence-electron chi connectivity index (χ0n) is 30.0. The van der Waals surface area contributed by atoms with Crippen LogP contribution in [0.2, 0.25) is 0 Å². The first-order chi connectivity index (χ1) is 27.2. The van der Waals surface area contributed by atoms with E-state index >= 15 is 0 Å². The molecule has 0 fully saturated rings. The second kappa shape index (κ2) is 12.6. The monoisotopic (exact) mass is 763 g/mol. The molecule has 1 aliphatic rings. The van der Waals surface area contributed by atoms with E-state index in [0.29, 0.717) is 0 Å². The summed E-state index contributed by atoms with van der Waals surface area (Å²) in [7, 11) is 0. The first-order valence-corrected chi connectivity index (χ1v) is 19.7. The molecule has 0 saturated heterocycles. The third kappa shape index (κ3) is 4.85. The van der Waals surface area contributed by atoms with Crippen LogP contribution < -0.4 is 0 Å². The zero-order valence-corrected chi connectivity index (χ0v) is 31.5. The average Bonchev–Trinajstić information content (AvgIpc) is 3.75. The summed E-state index contributed by atoms with van der Waals surface area (Å²) in [6.45, 7) is 0. The van der Waals surface area contributed by atoms with Crippen molar-refractivity contribution in [3.05, 3.63) is 233 Å². The number of fused-ring (bicyclic) bond motifs is 8. The Balaban J connectivity index is 1.18. The fourth-order valence-electron chi connectivity index (χ4n) is 9.34. The van der Waals surface area contributed by atoms with Gasteiger partial charge in [0.2, 0.25) is 0 Å². The molecular weight excluding hydrogens is 730 g/mol. The average molecular weight is 765 g/mol. The van der Waals surface area contributed by atoms with Gasteiger partial charge in [0.1, 0.15) is 0 Å². The highest BCUT2D eigenvalue weighted by molar-refractivity contribution is 9.10. The third-order valence-corrected chi connectivity index (χ3v) is 12.2. The molecule has 0 bridgehead atoms. The van der Waals surface area contributed by atoms with Crippen LogP contribution in [0.4, 0.5) is 0 Å². The van der Waals surface area contributed by atoms with Crippen molar-refractivity contribution in [2.24, 2.45) is 0 Å². The van der Waals surface area contributed by atoms with Crippen LogP contribution in [-0.4, -0.2) is 4.57 Å². The lowest BCUT2D eigenvalue weighted by atomic mass is 9.67. The molecule has 0 unspecified atom stereocenters. The fourth-order valence-corrected chi connectivity index (χ4v) is 9.74. The molecule has 258 valence electrons. The van der Waals surface area contributed by atoms with Gasteiger partial charge < -0.3 is 4.57 Å². The van der Waals surface area contributed by atoms with Crippen molar-refractivity contribution in [3.8, 4) is 39.1 Å². The van der Waals surface area contributed by atoms with E-state index in [2.05, 4.69) is 227 Å². The summed E-state index contributed by atoms with van der Waals surface area (Å²) in [5.41, 5.74) is 15.6. The number of benzene rings is 9. The minimum absolute atomic E-state index is 0.475. The molecule has 9 aromatic carbocycles. The summed E-state index contributed by atoms with van der Waals surface area (Å²) in [4.78, 5) is 0. The summed E-state index contributed by atoms with van der Waals surface area (Å²) in [5.74, 6) is 0. The Bertz CT molecular complexity index is 3040. The molecule has 0 amide bonds. The Morgan fingerprint density at radius 2 is 1.02 bits per heavy atom. The van der Waals surface area contributed by atoms with Crippen molar-refractivity contribution >= 4 is 48.5 Å². The molecule has 0 atom stereocenters. The summed E-state index contributed by atoms with van der Waals surface area (Å²) in [5, 5.41) is 5.05. The van der Waals surface area contributed by atoms with Crippen molar-refractivity contribution < 1.29 is 0 Å². The van der Waals surface area contributed by atoms with E-state index in [4.69, 9.17) is 0 Å². The van der Waals surface area contributed by atoms with Crippen molar-refractivity contribution in [3.63, 3.8) is 0 Å². The van der Waals surface area contributed by atoms with Crippen LogP contribution in [0, 0.1) is 0 Å². The second-order valence-corrected chi connectivity index (χ2v) is 15.5. The maximum Gasteiger partial charge on any atom is 0.0714 e.